The second kappa shape index (κ2) is 7.66. The van der Waals surface area contributed by atoms with Crippen molar-refractivity contribution < 1.29 is 0 Å². The van der Waals surface area contributed by atoms with Crippen LogP contribution in [-0.4, -0.2) is 16.3 Å². The molecule has 3 nitrogen and oxygen atoms in total. The summed E-state index contributed by atoms with van der Waals surface area (Å²) in [6.07, 6.45) is 3.84. The second-order valence-electron chi connectivity index (χ2n) is 5.99. The summed E-state index contributed by atoms with van der Waals surface area (Å²) in [6, 6.07) is 32.8. The lowest BCUT2D eigenvalue weighted by Crippen LogP contribution is -2.52. The lowest BCUT2D eigenvalue weighted by molar-refractivity contribution is 1.03. The minimum absolute atomic E-state index is 0.0427. The summed E-state index contributed by atoms with van der Waals surface area (Å²) in [6.45, 7) is 0.0427. The van der Waals surface area contributed by atoms with Crippen LogP contribution in [0.25, 0.3) is 0 Å². The molecule has 0 N–H and O–H groups in total. The van der Waals surface area contributed by atoms with Crippen LogP contribution in [0, 0.1) is 0 Å². The molecular formula is C22H18BN3. The van der Waals surface area contributed by atoms with Crippen LogP contribution in [0.3, 0.4) is 0 Å². The first kappa shape index (κ1) is 16.1. The van der Waals surface area contributed by atoms with E-state index in [1.54, 1.807) is 6.20 Å². The molecule has 0 spiro atoms. The average Bonchev–Trinajstić information content (AvgIpc) is 2.72. The zero-order valence-electron chi connectivity index (χ0n) is 14.3. The van der Waals surface area contributed by atoms with Gasteiger partial charge in [0.1, 0.15) is 5.49 Å². The molecule has 0 aliphatic heterocycles. The van der Waals surface area contributed by atoms with Gasteiger partial charge in [0.15, 0.2) is 5.82 Å². The van der Waals surface area contributed by atoms with Crippen molar-refractivity contribution in [3.8, 4) is 0 Å². The van der Waals surface area contributed by atoms with Crippen molar-refractivity contribution in [3.63, 3.8) is 0 Å². The van der Waals surface area contributed by atoms with Gasteiger partial charge in [0.25, 0.3) is 0 Å². The summed E-state index contributed by atoms with van der Waals surface area (Å²) in [7, 11) is 0. The maximum Gasteiger partial charge on any atom is 0.328 e. The van der Waals surface area contributed by atoms with Gasteiger partial charge in [0, 0.05) is 6.20 Å². The highest BCUT2D eigenvalue weighted by molar-refractivity contribution is 6.83. The fourth-order valence-electron chi connectivity index (χ4n) is 3.08. The number of hydrogen-bond acceptors (Lipinski definition) is 2. The van der Waals surface area contributed by atoms with E-state index in [1.165, 1.54) is 10.9 Å². The Morgan fingerprint density at radius 2 is 1.27 bits per heavy atom. The predicted molar refractivity (Wildman–Crippen MR) is 107 cm³/mol. The number of rotatable bonds is 4. The van der Waals surface area contributed by atoms with Crippen molar-refractivity contribution in [1.82, 2.24) is 9.46 Å². The quantitative estimate of drug-likeness (QED) is 0.528. The van der Waals surface area contributed by atoms with Gasteiger partial charge in [-0.15, -0.1) is 0 Å². The van der Waals surface area contributed by atoms with Gasteiger partial charge in [0.2, 0.25) is 0 Å². The third kappa shape index (κ3) is 3.49. The van der Waals surface area contributed by atoms with E-state index in [1.807, 2.05) is 48.5 Å². The molecule has 0 radical (unpaired) electrons. The van der Waals surface area contributed by atoms with Crippen LogP contribution in [0.5, 0.6) is 0 Å². The highest BCUT2D eigenvalue weighted by Gasteiger charge is 2.22. The fraction of sp³-hybridized carbons (Fsp3) is 0. The van der Waals surface area contributed by atoms with Gasteiger partial charge < -0.3 is 4.48 Å². The molecule has 0 saturated heterocycles. The Morgan fingerprint density at radius 3 is 1.88 bits per heavy atom. The van der Waals surface area contributed by atoms with Gasteiger partial charge in [0.05, 0.1) is 0 Å². The molecule has 0 aliphatic carbocycles. The van der Waals surface area contributed by atoms with Gasteiger partial charge in [-0.1, -0.05) is 83.7 Å². The summed E-state index contributed by atoms with van der Waals surface area (Å²) in [4.78, 5) is 9.10. The van der Waals surface area contributed by atoms with Gasteiger partial charge >= 0.3 is 6.85 Å². The van der Waals surface area contributed by atoms with Crippen molar-refractivity contribution >= 4 is 23.6 Å². The summed E-state index contributed by atoms with van der Waals surface area (Å²) in [5.41, 5.74) is 3.30. The zero-order chi connectivity index (χ0) is 17.6. The molecule has 0 fully saturated rings. The summed E-state index contributed by atoms with van der Waals surface area (Å²) in [5, 5.41) is 0. The summed E-state index contributed by atoms with van der Waals surface area (Å²) < 4.78 is 2.19. The van der Waals surface area contributed by atoms with Gasteiger partial charge in [-0.05, 0) is 30.5 Å². The van der Waals surface area contributed by atoms with E-state index in [9.17, 15) is 0 Å². The van der Waals surface area contributed by atoms with E-state index in [4.69, 9.17) is 4.99 Å². The van der Waals surface area contributed by atoms with Crippen LogP contribution >= 0.6 is 0 Å². The van der Waals surface area contributed by atoms with E-state index < -0.39 is 0 Å². The summed E-state index contributed by atoms with van der Waals surface area (Å²) >= 11 is 0. The number of aromatic nitrogens is 2. The lowest BCUT2D eigenvalue weighted by Gasteiger charge is -2.18. The minimum Gasteiger partial charge on any atom is -0.368 e. The molecule has 2 aromatic heterocycles. The SMILES string of the molecule is c1ccc(B(c2ccccc2)n2cccc/c2=N/c2ccccn2)cc1. The molecule has 4 aromatic rings. The minimum atomic E-state index is 0.0427. The summed E-state index contributed by atoms with van der Waals surface area (Å²) in [5.74, 6) is 0.701. The van der Waals surface area contributed by atoms with Crippen LogP contribution in [0.4, 0.5) is 5.82 Å². The van der Waals surface area contributed by atoms with Crippen LogP contribution in [-0.2, 0) is 0 Å². The van der Waals surface area contributed by atoms with Crippen LogP contribution in [0.15, 0.2) is 114 Å². The fourth-order valence-corrected chi connectivity index (χ4v) is 3.08. The molecule has 4 heteroatoms. The molecule has 2 aromatic carbocycles. The Balaban J connectivity index is 1.92. The topological polar surface area (TPSA) is 30.2 Å². The number of benzene rings is 2. The van der Waals surface area contributed by atoms with E-state index >= 15 is 0 Å². The van der Waals surface area contributed by atoms with Crippen LogP contribution in [0.1, 0.15) is 0 Å². The Morgan fingerprint density at radius 1 is 0.654 bits per heavy atom. The second-order valence-corrected chi connectivity index (χ2v) is 5.99. The molecule has 0 unspecified atom stereocenters. The van der Waals surface area contributed by atoms with Crippen molar-refractivity contribution in [3.05, 3.63) is 115 Å². The van der Waals surface area contributed by atoms with E-state index in [2.05, 4.69) is 64.2 Å². The Hall–Kier alpha value is -3.40. The highest BCUT2D eigenvalue weighted by Crippen LogP contribution is 2.03. The molecule has 0 bridgehead atoms. The molecule has 2 heterocycles. The van der Waals surface area contributed by atoms with Gasteiger partial charge in [-0.25, -0.2) is 9.98 Å². The Bertz CT molecular complexity index is 989. The lowest BCUT2D eigenvalue weighted by atomic mass is 9.50. The monoisotopic (exact) mass is 335 g/mol. The van der Waals surface area contributed by atoms with Crippen molar-refractivity contribution in [2.75, 3.05) is 0 Å². The number of nitrogens with zero attached hydrogens (tertiary/aromatic N) is 3. The standard InChI is InChI=1S/C22H18BN3/c1-3-11-19(12-4-1)23(20-13-5-2-6-14-20)26-18-10-8-16-22(26)25-21-15-7-9-17-24-21/h1-18H/b25-22-. The molecule has 124 valence electrons. The zero-order valence-corrected chi connectivity index (χ0v) is 14.3. The molecule has 26 heavy (non-hydrogen) atoms. The third-order valence-corrected chi connectivity index (χ3v) is 4.25. The number of pyridine rings is 2. The van der Waals surface area contributed by atoms with Crippen LogP contribution in [0.2, 0.25) is 0 Å². The first-order valence-electron chi connectivity index (χ1n) is 8.65. The smallest absolute Gasteiger partial charge is 0.328 e. The Kier molecular flexibility index (Phi) is 4.74. The van der Waals surface area contributed by atoms with Gasteiger partial charge in [-0.3, -0.25) is 0 Å². The predicted octanol–water partition coefficient (Wildman–Crippen LogP) is 2.77. The Labute approximate surface area is 153 Å². The highest BCUT2D eigenvalue weighted by atomic mass is 15.0. The maximum atomic E-state index is 4.76. The molecule has 0 amide bonds. The molecular weight excluding hydrogens is 317 g/mol. The third-order valence-electron chi connectivity index (χ3n) is 4.25. The number of hydrogen-bond donors (Lipinski definition) is 0. The van der Waals surface area contributed by atoms with Crippen molar-refractivity contribution in [1.29, 1.82) is 0 Å². The first-order chi connectivity index (χ1) is 12.9. The van der Waals surface area contributed by atoms with E-state index in [-0.39, 0.29) is 6.85 Å². The van der Waals surface area contributed by atoms with E-state index in [0.29, 0.717) is 5.82 Å². The maximum absolute atomic E-state index is 4.76. The molecule has 0 saturated carbocycles. The van der Waals surface area contributed by atoms with E-state index in [0.717, 1.165) is 5.49 Å². The van der Waals surface area contributed by atoms with Crippen molar-refractivity contribution in [2.45, 2.75) is 0 Å². The average molecular weight is 335 g/mol. The normalized spacial score (nSPS) is 11.3. The first-order valence-corrected chi connectivity index (χ1v) is 8.65. The molecule has 0 atom stereocenters. The molecule has 0 aliphatic rings. The van der Waals surface area contributed by atoms with Crippen LogP contribution < -0.4 is 16.4 Å². The molecule has 4 rings (SSSR count). The largest absolute Gasteiger partial charge is 0.368 e. The van der Waals surface area contributed by atoms with Gasteiger partial charge in [-0.2, -0.15) is 0 Å². The van der Waals surface area contributed by atoms with Crippen molar-refractivity contribution in [2.24, 2.45) is 4.99 Å².